The smallest absolute Gasteiger partial charge is 0.128 e. The standard InChI is InChI=1S/C14H13ClFN/c1-10-5-6-14(16)11(7-10)9-17-13-4-2-3-12(15)8-13/h2-8,17H,9H2,1H3. The molecule has 0 fully saturated rings. The van der Waals surface area contributed by atoms with Gasteiger partial charge >= 0.3 is 0 Å². The molecule has 2 aromatic rings. The van der Waals surface area contributed by atoms with E-state index in [1.54, 1.807) is 12.1 Å². The lowest BCUT2D eigenvalue weighted by Crippen LogP contribution is -2.02. The second-order valence-electron chi connectivity index (χ2n) is 3.96. The maximum Gasteiger partial charge on any atom is 0.128 e. The summed E-state index contributed by atoms with van der Waals surface area (Å²) in [6, 6.07) is 12.5. The van der Waals surface area contributed by atoms with Crippen LogP contribution in [0.15, 0.2) is 42.5 Å². The Kier molecular flexibility index (Phi) is 3.64. The van der Waals surface area contributed by atoms with Gasteiger partial charge in [0, 0.05) is 22.8 Å². The van der Waals surface area contributed by atoms with Crippen LogP contribution >= 0.6 is 11.6 Å². The average Bonchev–Trinajstić information content (AvgIpc) is 2.30. The number of nitrogens with one attached hydrogen (secondary N) is 1. The molecule has 0 aromatic heterocycles. The van der Waals surface area contributed by atoms with Crippen LogP contribution in [0.3, 0.4) is 0 Å². The quantitative estimate of drug-likeness (QED) is 0.850. The van der Waals surface area contributed by atoms with Crippen molar-refractivity contribution < 1.29 is 4.39 Å². The summed E-state index contributed by atoms with van der Waals surface area (Å²) in [5.74, 6) is -0.190. The van der Waals surface area contributed by atoms with Crippen LogP contribution in [0.5, 0.6) is 0 Å². The first-order chi connectivity index (χ1) is 8.15. The molecular formula is C14H13ClFN. The maximum absolute atomic E-state index is 13.5. The number of halogens is 2. The van der Waals surface area contributed by atoms with E-state index >= 15 is 0 Å². The Morgan fingerprint density at radius 1 is 1.18 bits per heavy atom. The van der Waals surface area contributed by atoms with Gasteiger partial charge in [-0.15, -0.1) is 0 Å². The average molecular weight is 250 g/mol. The van der Waals surface area contributed by atoms with Gasteiger partial charge in [-0.1, -0.05) is 35.4 Å². The van der Waals surface area contributed by atoms with E-state index in [4.69, 9.17) is 11.6 Å². The molecule has 0 heterocycles. The van der Waals surface area contributed by atoms with Gasteiger partial charge in [0.25, 0.3) is 0 Å². The van der Waals surface area contributed by atoms with Gasteiger partial charge in [0.1, 0.15) is 5.82 Å². The first kappa shape index (κ1) is 11.9. The molecule has 0 saturated carbocycles. The molecule has 0 aliphatic carbocycles. The fraction of sp³-hybridized carbons (Fsp3) is 0.143. The van der Waals surface area contributed by atoms with Crippen molar-refractivity contribution in [2.75, 3.05) is 5.32 Å². The van der Waals surface area contributed by atoms with E-state index in [0.29, 0.717) is 17.1 Å². The molecule has 2 aromatic carbocycles. The zero-order chi connectivity index (χ0) is 12.3. The van der Waals surface area contributed by atoms with E-state index in [0.717, 1.165) is 11.3 Å². The summed E-state index contributed by atoms with van der Waals surface area (Å²) in [5, 5.41) is 3.81. The number of aryl methyl sites for hydroxylation is 1. The monoisotopic (exact) mass is 249 g/mol. The third-order valence-electron chi connectivity index (χ3n) is 2.51. The fourth-order valence-corrected chi connectivity index (χ4v) is 1.83. The molecule has 0 unspecified atom stereocenters. The zero-order valence-electron chi connectivity index (χ0n) is 9.50. The van der Waals surface area contributed by atoms with Gasteiger partial charge in [0.2, 0.25) is 0 Å². The van der Waals surface area contributed by atoms with Crippen molar-refractivity contribution in [2.24, 2.45) is 0 Å². The van der Waals surface area contributed by atoms with Crippen molar-refractivity contribution in [2.45, 2.75) is 13.5 Å². The lowest BCUT2D eigenvalue weighted by molar-refractivity contribution is 0.612. The summed E-state index contributed by atoms with van der Waals surface area (Å²) >= 11 is 5.87. The van der Waals surface area contributed by atoms with E-state index in [1.807, 2.05) is 31.2 Å². The number of benzene rings is 2. The highest BCUT2D eigenvalue weighted by atomic mass is 35.5. The minimum atomic E-state index is -0.190. The maximum atomic E-state index is 13.5. The third kappa shape index (κ3) is 3.21. The summed E-state index contributed by atoms with van der Waals surface area (Å²) in [6.45, 7) is 2.40. The summed E-state index contributed by atoms with van der Waals surface area (Å²) < 4.78 is 13.5. The zero-order valence-corrected chi connectivity index (χ0v) is 10.3. The van der Waals surface area contributed by atoms with Crippen molar-refractivity contribution in [1.29, 1.82) is 0 Å². The molecule has 0 atom stereocenters. The Hall–Kier alpha value is -1.54. The van der Waals surface area contributed by atoms with Crippen LogP contribution < -0.4 is 5.32 Å². The van der Waals surface area contributed by atoms with Gasteiger partial charge < -0.3 is 5.32 Å². The highest BCUT2D eigenvalue weighted by Crippen LogP contribution is 2.17. The van der Waals surface area contributed by atoms with Crippen molar-refractivity contribution in [3.05, 3.63) is 64.4 Å². The normalized spacial score (nSPS) is 10.3. The molecule has 0 spiro atoms. The summed E-state index contributed by atoms with van der Waals surface area (Å²) in [7, 11) is 0. The number of hydrogen-bond donors (Lipinski definition) is 1. The van der Waals surface area contributed by atoms with Gasteiger partial charge in [-0.2, -0.15) is 0 Å². The molecule has 88 valence electrons. The molecule has 0 aliphatic heterocycles. The van der Waals surface area contributed by atoms with E-state index < -0.39 is 0 Å². The predicted molar refractivity (Wildman–Crippen MR) is 69.9 cm³/mol. The minimum absolute atomic E-state index is 0.190. The fourth-order valence-electron chi connectivity index (χ4n) is 1.63. The second-order valence-corrected chi connectivity index (χ2v) is 4.40. The first-order valence-corrected chi connectivity index (χ1v) is 5.77. The topological polar surface area (TPSA) is 12.0 Å². The van der Waals surface area contributed by atoms with E-state index in [2.05, 4.69) is 5.32 Å². The Bertz CT molecular complexity index is 525. The molecular weight excluding hydrogens is 237 g/mol. The van der Waals surface area contributed by atoms with Crippen LogP contribution in [0.25, 0.3) is 0 Å². The molecule has 0 amide bonds. The van der Waals surface area contributed by atoms with Crippen LogP contribution in [-0.4, -0.2) is 0 Å². The molecule has 2 rings (SSSR count). The van der Waals surface area contributed by atoms with E-state index in [1.165, 1.54) is 6.07 Å². The molecule has 1 nitrogen and oxygen atoms in total. The summed E-state index contributed by atoms with van der Waals surface area (Å²) in [4.78, 5) is 0. The first-order valence-electron chi connectivity index (χ1n) is 5.39. The van der Waals surface area contributed by atoms with Crippen LogP contribution in [0.4, 0.5) is 10.1 Å². The van der Waals surface area contributed by atoms with Crippen molar-refractivity contribution in [1.82, 2.24) is 0 Å². The number of anilines is 1. The second kappa shape index (κ2) is 5.19. The molecule has 17 heavy (non-hydrogen) atoms. The Labute approximate surface area is 105 Å². The number of hydrogen-bond acceptors (Lipinski definition) is 1. The Morgan fingerprint density at radius 3 is 2.76 bits per heavy atom. The summed E-state index contributed by atoms with van der Waals surface area (Å²) in [6.07, 6.45) is 0. The van der Waals surface area contributed by atoms with Crippen LogP contribution in [0.1, 0.15) is 11.1 Å². The lowest BCUT2D eigenvalue weighted by Gasteiger charge is -2.08. The molecule has 1 N–H and O–H groups in total. The lowest BCUT2D eigenvalue weighted by atomic mass is 10.1. The number of rotatable bonds is 3. The Balaban J connectivity index is 2.09. The molecule has 0 bridgehead atoms. The van der Waals surface area contributed by atoms with Gasteiger partial charge in [-0.05, 0) is 31.2 Å². The van der Waals surface area contributed by atoms with Crippen LogP contribution in [0, 0.1) is 12.7 Å². The van der Waals surface area contributed by atoms with Gasteiger partial charge in [0.05, 0.1) is 0 Å². The highest BCUT2D eigenvalue weighted by Gasteiger charge is 2.02. The summed E-state index contributed by atoms with van der Waals surface area (Å²) in [5.41, 5.74) is 2.60. The predicted octanol–water partition coefficient (Wildman–Crippen LogP) is 4.40. The molecule has 3 heteroatoms. The van der Waals surface area contributed by atoms with Gasteiger partial charge in [-0.25, -0.2) is 4.39 Å². The Morgan fingerprint density at radius 2 is 2.00 bits per heavy atom. The van der Waals surface area contributed by atoms with Crippen LogP contribution in [0.2, 0.25) is 5.02 Å². The SMILES string of the molecule is Cc1ccc(F)c(CNc2cccc(Cl)c2)c1. The van der Waals surface area contributed by atoms with Crippen molar-refractivity contribution in [3.63, 3.8) is 0 Å². The van der Waals surface area contributed by atoms with Crippen molar-refractivity contribution in [3.8, 4) is 0 Å². The highest BCUT2D eigenvalue weighted by molar-refractivity contribution is 6.30. The molecule has 0 radical (unpaired) electrons. The van der Waals surface area contributed by atoms with E-state index in [9.17, 15) is 4.39 Å². The molecule has 0 saturated heterocycles. The third-order valence-corrected chi connectivity index (χ3v) is 2.74. The van der Waals surface area contributed by atoms with Gasteiger partial charge in [0.15, 0.2) is 0 Å². The minimum Gasteiger partial charge on any atom is -0.381 e. The van der Waals surface area contributed by atoms with Crippen LogP contribution in [-0.2, 0) is 6.54 Å². The van der Waals surface area contributed by atoms with Gasteiger partial charge in [-0.3, -0.25) is 0 Å². The van der Waals surface area contributed by atoms with Crippen molar-refractivity contribution >= 4 is 17.3 Å². The van der Waals surface area contributed by atoms with E-state index in [-0.39, 0.29) is 5.82 Å². The largest absolute Gasteiger partial charge is 0.381 e. The molecule has 0 aliphatic rings.